The van der Waals surface area contributed by atoms with E-state index in [0.717, 1.165) is 0 Å². The fourth-order valence-electron chi connectivity index (χ4n) is 3.01. The highest BCUT2D eigenvalue weighted by Crippen LogP contribution is 2.32. The van der Waals surface area contributed by atoms with Crippen LogP contribution in [-0.4, -0.2) is 27.9 Å². The monoisotopic (exact) mass is 472 g/mol. The molecule has 166 valence electrons. The van der Waals surface area contributed by atoms with Crippen molar-refractivity contribution in [3.05, 3.63) is 75.9 Å². The van der Waals surface area contributed by atoms with Crippen LogP contribution in [0.4, 0.5) is 11.5 Å². The Bertz CT molecular complexity index is 1170. The van der Waals surface area contributed by atoms with Gasteiger partial charge in [0.2, 0.25) is 0 Å². The number of aliphatic hydroxyl groups is 1. The van der Waals surface area contributed by atoms with Crippen molar-refractivity contribution in [3.8, 4) is 11.1 Å². The number of halogens is 2. The number of pyridine rings is 1. The summed E-state index contributed by atoms with van der Waals surface area (Å²) < 4.78 is 0. The molecule has 2 aromatic carbocycles. The summed E-state index contributed by atoms with van der Waals surface area (Å²) in [7, 11) is 0. The van der Waals surface area contributed by atoms with E-state index in [4.69, 9.17) is 28.9 Å². The van der Waals surface area contributed by atoms with Crippen molar-refractivity contribution in [1.29, 1.82) is 0 Å². The molecule has 0 saturated heterocycles. The number of nitrogens with zero attached hydrogens (tertiary/aromatic N) is 1. The van der Waals surface area contributed by atoms with Crippen LogP contribution in [0.3, 0.4) is 0 Å². The maximum atomic E-state index is 12.4. The first-order valence-corrected chi connectivity index (χ1v) is 10.5. The van der Waals surface area contributed by atoms with Gasteiger partial charge in [-0.15, -0.1) is 0 Å². The van der Waals surface area contributed by atoms with E-state index in [0.29, 0.717) is 32.4 Å². The number of hydrogen-bond acceptors (Lipinski definition) is 5. The van der Waals surface area contributed by atoms with E-state index in [-0.39, 0.29) is 23.3 Å². The van der Waals surface area contributed by atoms with Crippen LogP contribution >= 0.6 is 23.2 Å². The van der Waals surface area contributed by atoms with Gasteiger partial charge in [0.1, 0.15) is 5.82 Å². The lowest BCUT2D eigenvalue weighted by atomic mass is 10.0. The van der Waals surface area contributed by atoms with Crippen molar-refractivity contribution in [2.75, 3.05) is 11.1 Å². The lowest BCUT2D eigenvalue weighted by Crippen LogP contribution is -2.30. The molecule has 1 aromatic heterocycles. The fraction of sp³-hybridized carbons (Fsp3) is 0.174. The molecule has 0 fully saturated rings. The molecule has 0 aliphatic heterocycles. The molecule has 5 N–H and O–H groups in total. The predicted octanol–water partition coefficient (Wildman–Crippen LogP) is 4.45. The zero-order valence-corrected chi connectivity index (χ0v) is 18.9. The number of nitrogens with two attached hydrogens (primary N) is 1. The average molecular weight is 473 g/mol. The Morgan fingerprint density at radius 2 is 1.84 bits per heavy atom. The van der Waals surface area contributed by atoms with Gasteiger partial charge in [0.15, 0.2) is 6.10 Å². The topological polar surface area (TPSA) is 117 Å². The smallest absolute Gasteiger partial charge is 0.257 e. The zero-order chi connectivity index (χ0) is 23.4. The average Bonchev–Trinajstić information content (AvgIpc) is 2.73. The van der Waals surface area contributed by atoms with Crippen LogP contribution in [0, 0.1) is 0 Å². The number of aliphatic hydroxyl groups excluding tert-OH is 1. The van der Waals surface area contributed by atoms with Gasteiger partial charge < -0.3 is 21.5 Å². The Kier molecular flexibility index (Phi) is 7.35. The van der Waals surface area contributed by atoms with Crippen LogP contribution in [0.5, 0.6) is 0 Å². The van der Waals surface area contributed by atoms with Gasteiger partial charge in [0.25, 0.3) is 11.8 Å². The highest BCUT2D eigenvalue weighted by molar-refractivity contribution is 6.33. The van der Waals surface area contributed by atoms with Gasteiger partial charge in [-0.05, 0) is 49.7 Å². The van der Waals surface area contributed by atoms with Gasteiger partial charge in [-0.3, -0.25) is 9.59 Å². The maximum Gasteiger partial charge on any atom is 0.257 e. The van der Waals surface area contributed by atoms with Gasteiger partial charge in [-0.25, -0.2) is 4.98 Å². The maximum absolute atomic E-state index is 12.4. The number of carbonyl (C=O) groups excluding carboxylic acids is 2. The third-order valence-electron chi connectivity index (χ3n) is 4.54. The van der Waals surface area contributed by atoms with Gasteiger partial charge in [0.05, 0.1) is 10.6 Å². The minimum atomic E-state index is -1.39. The number of carbonyl (C=O) groups is 2. The molecule has 1 atom stereocenters. The van der Waals surface area contributed by atoms with Crippen molar-refractivity contribution >= 4 is 46.5 Å². The number of aromatic nitrogens is 1. The van der Waals surface area contributed by atoms with Crippen LogP contribution in [0.1, 0.15) is 35.9 Å². The Morgan fingerprint density at radius 3 is 2.50 bits per heavy atom. The molecule has 9 heteroatoms. The number of nitrogens with one attached hydrogen (secondary N) is 2. The zero-order valence-electron chi connectivity index (χ0n) is 17.4. The predicted molar refractivity (Wildman–Crippen MR) is 127 cm³/mol. The second kappa shape index (κ2) is 9.99. The molecule has 32 heavy (non-hydrogen) atoms. The number of nitrogen functional groups attached to an aromatic ring is 1. The third-order valence-corrected chi connectivity index (χ3v) is 5.09. The van der Waals surface area contributed by atoms with E-state index in [9.17, 15) is 14.7 Å². The standard InChI is InChI=1S/C23H22Cl2N4O3/c1-12(2)28-22(31)18-9-14(11-27-21(18)26)17-7-6-16(10-19(17)25)29-23(32)20(30)13-4-3-5-15(24)8-13/h3-12,20,30H,1-2H3,(H2,26,27)(H,28,31)(H,29,32)/t20-/m1/s1. The number of rotatable bonds is 6. The second-order valence-corrected chi connectivity index (χ2v) is 8.27. The van der Waals surface area contributed by atoms with Crippen LogP contribution in [-0.2, 0) is 4.79 Å². The Labute approximate surface area is 195 Å². The highest BCUT2D eigenvalue weighted by atomic mass is 35.5. The molecule has 0 aliphatic rings. The quantitative estimate of drug-likeness (QED) is 0.422. The van der Waals surface area contributed by atoms with Gasteiger partial charge in [-0.1, -0.05) is 41.4 Å². The van der Waals surface area contributed by atoms with Crippen LogP contribution < -0.4 is 16.4 Å². The largest absolute Gasteiger partial charge is 0.383 e. The molecule has 0 spiro atoms. The first-order valence-electron chi connectivity index (χ1n) is 9.76. The summed E-state index contributed by atoms with van der Waals surface area (Å²) in [4.78, 5) is 28.9. The molecule has 0 aliphatic carbocycles. The molecule has 0 saturated carbocycles. The summed E-state index contributed by atoms with van der Waals surface area (Å²) in [6, 6.07) is 12.8. The molecule has 3 aromatic rings. The number of hydrogen-bond donors (Lipinski definition) is 4. The molecule has 0 unspecified atom stereocenters. The van der Waals surface area contributed by atoms with Crippen LogP contribution in [0.25, 0.3) is 11.1 Å². The van der Waals surface area contributed by atoms with Gasteiger partial charge in [0, 0.05) is 34.1 Å². The molecular formula is C23H22Cl2N4O3. The minimum absolute atomic E-state index is 0.0562. The summed E-state index contributed by atoms with van der Waals surface area (Å²) in [6.07, 6.45) is 0.125. The molecule has 0 radical (unpaired) electrons. The van der Waals surface area contributed by atoms with E-state index in [1.165, 1.54) is 12.3 Å². The van der Waals surface area contributed by atoms with Crippen molar-refractivity contribution in [2.45, 2.75) is 26.0 Å². The van der Waals surface area contributed by atoms with E-state index in [1.54, 1.807) is 42.5 Å². The molecule has 0 bridgehead atoms. The summed E-state index contributed by atoms with van der Waals surface area (Å²) >= 11 is 12.3. The molecule has 7 nitrogen and oxygen atoms in total. The lowest BCUT2D eigenvalue weighted by Gasteiger charge is -2.14. The summed E-state index contributed by atoms with van der Waals surface area (Å²) in [5, 5.41) is 16.4. The summed E-state index contributed by atoms with van der Waals surface area (Å²) in [6.45, 7) is 3.69. The van der Waals surface area contributed by atoms with Gasteiger partial charge in [-0.2, -0.15) is 0 Å². The van der Waals surface area contributed by atoms with E-state index >= 15 is 0 Å². The number of amides is 2. The normalized spacial score (nSPS) is 11.8. The van der Waals surface area contributed by atoms with Crippen molar-refractivity contribution in [1.82, 2.24) is 10.3 Å². The molecule has 3 rings (SSSR count). The fourth-order valence-corrected chi connectivity index (χ4v) is 3.50. The minimum Gasteiger partial charge on any atom is -0.383 e. The van der Waals surface area contributed by atoms with Crippen LogP contribution in [0.2, 0.25) is 10.0 Å². The van der Waals surface area contributed by atoms with Crippen molar-refractivity contribution in [3.63, 3.8) is 0 Å². The van der Waals surface area contributed by atoms with E-state index in [1.807, 2.05) is 13.8 Å². The van der Waals surface area contributed by atoms with Crippen molar-refractivity contribution < 1.29 is 14.7 Å². The SMILES string of the molecule is CC(C)NC(=O)c1cc(-c2ccc(NC(=O)[C@H](O)c3cccc(Cl)c3)cc2Cl)cnc1N. The highest BCUT2D eigenvalue weighted by Gasteiger charge is 2.19. The molecule has 2 amide bonds. The number of benzene rings is 2. The Morgan fingerprint density at radius 1 is 1.09 bits per heavy atom. The summed E-state index contributed by atoms with van der Waals surface area (Å²) in [5.74, 6) is -0.846. The first kappa shape index (κ1) is 23.5. The number of anilines is 2. The lowest BCUT2D eigenvalue weighted by molar-refractivity contribution is -0.124. The second-order valence-electron chi connectivity index (χ2n) is 7.43. The van der Waals surface area contributed by atoms with Crippen LogP contribution in [0.15, 0.2) is 54.7 Å². The first-order chi connectivity index (χ1) is 15.2. The van der Waals surface area contributed by atoms with Gasteiger partial charge >= 0.3 is 0 Å². The summed E-state index contributed by atoms with van der Waals surface area (Å²) in [5.41, 5.74) is 8.07. The van der Waals surface area contributed by atoms with Crippen molar-refractivity contribution in [2.24, 2.45) is 0 Å². The Balaban J connectivity index is 1.81. The molecular weight excluding hydrogens is 451 g/mol. The van der Waals surface area contributed by atoms with E-state index in [2.05, 4.69) is 15.6 Å². The third kappa shape index (κ3) is 5.56. The Hall–Kier alpha value is -3.13. The molecule has 1 heterocycles. The van der Waals surface area contributed by atoms with E-state index < -0.39 is 12.0 Å².